The van der Waals surface area contributed by atoms with Crippen LogP contribution >= 0.6 is 22.6 Å². The van der Waals surface area contributed by atoms with Crippen LogP contribution in [-0.4, -0.2) is 51.3 Å². The number of hydrogen-bond donors (Lipinski definition) is 0. The summed E-state index contributed by atoms with van der Waals surface area (Å²) in [5.74, 6) is -0.574. The summed E-state index contributed by atoms with van der Waals surface area (Å²) in [5.41, 5.74) is 0. The van der Waals surface area contributed by atoms with E-state index in [1.165, 1.54) is 25.7 Å². The summed E-state index contributed by atoms with van der Waals surface area (Å²) in [6.07, 6.45) is 5.97. The van der Waals surface area contributed by atoms with Gasteiger partial charge in [0.1, 0.15) is 9.53 Å². The Morgan fingerprint density at radius 2 is 2.04 bits per heavy atom. The summed E-state index contributed by atoms with van der Waals surface area (Å²) >= 11 is 2.56. The van der Waals surface area contributed by atoms with E-state index in [2.05, 4.69) is 44.9 Å². The van der Waals surface area contributed by atoms with Gasteiger partial charge in [-0.3, -0.25) is 5.01 Å². The third-order valence-electron chi connectivity index (χ3n) is 5.45. The molecule has 3 saturated heterocycles. The summed E-state index contributed by atoms with van der Waals surface area (Å²) in [4.78, 5) is 0. The first-order valence-corrected chi connectivity index (χ1v) is 9.91. The van der Waals surface area contributed by atoms with Gasteiger partial charge >= 0.3 is 0 Å². The molecule has 6 nitrogen and oxygen atoms in total. The molecule has 0 radical (unpaired) electrons. The highest BCUT2D eigenvalue weighted by molar-refractivity contribution is 14.1. The molecule has 4 heterocycles. The Balaban J connectivity index is 1.50. The average Bonchev–Trinajstić information content (AvgIpc) is 3.15. The number of fused-ring (bicyclic) bond motifs is 5. The van der Waals surface area contributed by atoms with Crippen molar-refractivity contribution < 1.29 is 14.2 Å². The van der Waals surface area contributed by atoms with Gasteiger partial charge in [0, 0.05) is 0 Å². The highest BCUT2D eigenvalue weighted by atomic mass is 127. The van der Waals surface area contributed by atoms with E-state index in [1.807, 2.05) is 13.8 Å². The van der Waals surface area contributed by atoms with Gasteiger partial charge in [-0.25, -0.2) is 0 Å². The van der Waals surface area contributed by atoms with Crippen molar-refractivity contribution in [1.29, 1.82) is 0 Å². The van der Waals surface area contributed by atoms with Gasteiger partial charge in [-0.1, -0.05) is 60.4 Å². The molecule has 0 aromatic heterocycles. The molecule has 0 bridgehead atoms. The van der Waals surface area contributed by atoms with Crippen molar-refractivity contribution >= 4 is 22.6 Å². The second-order valence-corrected chi connectivity index (χ2v) is 9.43. The predicted molar refractivity (Wildman–Crippen MR) is 93.3 cm³/mol. The van der Waals surface area contributed by atoms with Crippen LogP contribution in [0.2, 0.25) is 0 Å². The first-order chi connectivity index (χ1) is 11.0. The van der Waals surface area contributed by atoms with Crippen LogP contribution in [0.4, 0.5) is 0 Å². The van der Waals surface area contributed by atoms with E-state index in [1.54, 1.807) is 0 Å². The van der Waals surface area contributed by atoms with E-state index in [9.17, 15) is 0 Å². The van der Waals surface area contributed by atoms with Gasteiger partial charge in [-0.05, 0) is 20.3 Å². The number of hydrogen-bond acceptors (Lipinski definition) is 6. The van der Waals surface area contributed by atoms with Crippen LogP contribution in [0.5, 0.6) is 0 Å². The molecule has 0 amide bonds. The van der Waals surface area contributed by atoms with E-state index >= 15 is 0 Å². The fourth-order valence-electron chi connectivity index (χ4n) is 4.41. The van der Waals surface area contributed by atoms with Gasteiger partial charge in [0.15, 0.2) is 12.1 Å². The number of halogens is 1. The molecule has 0 spiro atoms. The SMILES string of the molecule is CCCCCCC1N=NN2C[C@H]3O[C@@H]4OC(C)(C)O[C@@H]4[C@@]3(I)C12. The Bertz CT molecular complexity index is 503. The van der Waals surface area contributed by atoms with E-state index < -0.39 is 5.79 Å². The monoisotopic (exact) mass is 435 g/mol. The smallest absolute Gasteiger partial charge is 0.189 e. The number of unbranched alkanes of at least 4 members (excludes halogenated alkanes) is 3. The first kappa shape index (κ1) is 16.5. The van der Waals surface area contributed by atoms with Crippen LogP contribution in [0.15, 0.2) is 10.3 Å². The van der Waals surface area contributed by atoms with Crippen molar-refractivity contribution in [3.8, 4) is 0 Å². The van der Waals surface area contributed by atoms with Crippen LogP contribution < -0.4 is 0 Å². The van der Waals surface area contributed by atoms with Crippen molar-refractivity contribution in [2.45, 2.75) is 92.7 Å². The normalized spacial score (nSPS) is 46.3. The topological polar surface area (TPSA) is 55.7 Å². The molecule has 4 aliphatic rings. The molecule has 6 atom stereocenters. The van der Waals surface area contributed by atoms with Crippen LogP contribution in [0.3, 0.4) is 0 Å². The Morgan fingerprint density at radius 3 is 2.83 bits per heavy atom. The minimum Gasteiger partial charge on any atom is -0.343 e. The molecule has 7 heteroatoms. The van der Waals surface area contributed by atoms with Crippen molar-refractivity contribution in [1.82, 2.24) is 5.01 Å². The standard InChI is InChI=1S/C16H26IN3O3/c1-4-5-6-7-8-10-12-16(17)11(9-20(12)19-18-10)21-14-13(16)22-15(2,3)23-14/h10-14H,4-9H2,1-3H3/t10?,11-,12?,13+,14-,16+/m1/s1. The van der Waals surface area contributed by atoms with E-state index in [0.29, 0.717) is 0 Å². The molecule has 0 N–H and O–H groups in total. The maximum absolute atomic E-state index is 6.22. The van der Waals surface area contributed by atoms with Gasteiger partial charge < -0.3 is 14.2 Å². The van der Waals surface area contributed by atoms with Crippen LogP contribution in [0.25, 0.3) is 0 Å². The van der Waals surface area contributed by atoms with Gasteiger partial charge in [-0.15, -0.1) is 0 Å². The summed E-state index contributed by atoms with van der Waals surface area (Å²) < 4.78 is 18.2. The van der Waals surface area contributed by atoms with Gasteiger partial charge in [0.05, 0.1) is 24.7 Å². The third-order valence-corrected chi connectivity index (χ3v) is 7.39. The first-order valence-electron chi connectivity index (χ1n) is 8.83. The number of rotatable bonds is 5. The van der Waals surface area contributed by atoms with Crippen LogP contribution in [0, 0.1) is 0 Å². The zero-order chi connectivity index (χ0) is 16.2. The zero-order valence-electron chi connectivity index (χ0n) is 14.1. The quantitative estimate of drug-likeness (QED) is 0.377. The molecular weight excluding hydrogens is 409 g/mol. The van der Waals surface area contributed by atoms with Crippen molar-refractivity contribution in [3.63, 3.8) is 0 Å². The van der Waals surface area contributed by atoms with E-state index in [4.69, 9.17) is 14.2 Å². The van der Waals surface area contributed by atoms with Crippen LogP contribution in [-0.2, 0) is 14.2 Å². The molecule has 130 valence electrons. The lowest BCUT2D eigenvalue weighted by Crippen LogP contribution is -2.53. The van der Waals surface area contributed by atoms with E-state index in [-0.39, 0.29) is 34.0 Å². The molecule has 23 heavy (non-hydrogen) atoms. The summed E-state index contributed by atoms with van der Waals surface area (Å²) in [7, 11) is 0. The van der Waals surface area contributed by atoms with Crippen molar-refractivity contribution in [2.24, 2.45) is 10.3 Å². The van der Waals surface area contributed by atoms with Gasteiger partial charge in [-0.2, -0.15) is 5.11 Å². The average molecular weight is 435 g/mol. The van der Waals surface area contributed by atoms with Gasteiger partial charge in [0.2, 0.25) is 0 Å². The minimum atomic E-state index is -0.574. The zero-order valence-corrected chi connectivity index (χ0v) is 16.2. The fourth-order valence-corrected chi connectivity index (χ4v) is 5.91. The molecule has 4 rings (SSSR count). The molecule has 0 aliphatic carbocycles. The number of alkyl halides is 1. The summed E-state index contributed by atoms with van der Waals surface area (Å²) in [6, 6.07) is 0.519. The molecule has 0 aromatic rings. The lowest BCUT2D eigenvalue weighted by molar-refractivity contribution is -0.204. The Labute approximate surface area is 151 Å². The fraction of sp³-hybridized carbons (Fsp3) is 1.00. The summed E-state index contributed by atoms with van der Waals surface area (Å²) in [5, 5.41) is 11.1. The highest BCUT2D eigenvalue weighted by Crippen LogP contribution is 2.56. The Kier molecular flexibility index (Phi) is 4.14. The lowest BCUT2D eigenvalue weighted by Gasteiger charge is -2.34. The molecule has 4 aliphatic heterocycles. The second kappa shape index (κ2) is 5.78. The lowest BCUT2D eigenvalue weighted by atomic mass is 9.87. The third kappa shape index (κ3) is 2.53. The number of ether oxygens (including phenoxy) is 3. The predicted octanol–water partition coefficient (Wildman–Crippen LogP) is 3.44. The molecule has 0 aromatic carbocycles. The van der Waals surface area contributed by atoms with Crippen molar-refractivity contribution in [2.75, 3.05) is 6.54 Å². The minimum absolute atomic E-state index is 0.0419. The second-order valence-electron chi connectivity index (χ2n) is 7.57. The van der Waals surface area contributed by atoms with Crippen LogP contribution in [0.1, 0.15) is 52.9 Å². The molecular formula is C16H26IN3O3. The molecule has 3 fully saturated rings. The van der Waals surface area contributed by atoms with Gasteiger partial charge in [0.25, 0.3) is 0 Å². The number of nitrogens with zero attached hydrogens (tertiary/aromatic N) is 3. The summed E-state index contributed by atoms with van der Waals surface area (Å²) in [6.45, 7) is 6.96. The van der Waals surface area contributed by atoms with Crippen molar-refractivity contribution in [3.05, 3.63) is 0 Å². The Morgan fingerprint density at radius 1 is 1.22 bits per heavy atom. The maximum Gasteiger partial charge on any atom is 0.189 e. The molecule has 0 saturated carbocycles. The molecule has 2 unspecified atom stereocenters. The maximum atomic E-state index is 6.22. The van der Waals surface area contributed by atoms with E-state index in [0.717, 1.165) is 13.0 Å². The highest BCUT2D eigenvalue weighted by Gasteiger charge is 2.72. The Hall–Kier alpha value is 0.01000. The largest absolute Gasteiger partial charge is 0.343 e.